The molecule has 21 heteroatoms. The minimum absolute atomic E-state index is 0.0523. The van der Waals surface area contributed by atoms with E-state index in [9.17, 15) is 14.7 Å². The van der Waals surface area contributed by atoms with Crippen LogP contribution in [0.3, 0.4) is 0 Å². The van der Waals surface area contributed by atoms with Crippen molar-refractivity contribution in [2.75, 3.05) is 102 Å². The van der Waals surface area contributed by atoms with Crippen molar-refractivity contribution in [1.29, 1.82) is 0 Å². The first-order valence-corrected chi connectivity index (χ1v) is 27.6. The number of anilines is 3. The summed E-state index contributed by atoms with van der Waals surface area (Å²) in [5.41, 5.74) is 14.8. The third-order valence-corrected chi connectivity index (χ3v) is 16.3. The first kappa shape index (κ1) is 53.5. The Kier molecular flexibility index (Phi) is 16.8. The molecule has 0 spiro atoms. The standard InChI is InChI=1S/C56H70N12O8S/c1-35(2)52(56(71)67-32-43(69)27-47(67)55(70)60-36(3)38-10-12-39(13-11-38)53-37(4)59-33-77-53)49-29-51(63-76-49)74-25-23-65-20-18-64(19-21-65)22-24-73-50-26-40(16-17-58-50)68-41-14-15-42(68)31-66(30-41)46-28-45(61-62-54(46)57)44-8-6-7-9-48(44)75-34-72-5/h6-13,16-17,26,28-29,33,35-36,41-43,47,52,69H,14-15,18-25,27,30-32,34H2,1-5H3,(H2,57,62)(H,60,70)/t36?,41?,42?,43-,47+,52?/m1/s1. The number of nitrogens with two attached hydrogens (primary N) is 1. The highest BCUT2D eigenvalue weighted by Gasteiger charge is 2.44. The van der Waals surface area contributed by atoms with Crippen molar-refractivity contribution >= 4 is 40.3 Å². The number of carbonyl (C=O) groups excluding carboxylic acids is 2. The molecule has 4 N–H and O–H groups in total. The van der Waals surface area contributed by atoms with Crippen LogP contribution in [0.4, 0.5) is 17.2 Å². The van der Waals surface area contributed by atoms with Gasteiger partial charge in [0.2, 0.25) is 17.7 Å². The van der Waals surface area contributed by atoms with Gasteiger partial charge in [-0.05, 0) is 73.2 Å². The van der Waals surface area contributed by atoms with Gasteiger partial charge in [0, 0.05) is 114 Å². The summed E-state index contributed by atoms with van der Waals surface area (Å²) in [4.78, 5) is 49.2. The van der Waals surface area contributed by atoms with Crippen LogP contribution in [0, 0.1) is 12.8 Å². The summed E-state index contributed by atoms with van der Waals surface area (Å²) in [5.74, 6) is 0.854. The third kappa shape index (κ3) is 12.3. The van der Waals surface area contributed by atoms with Gasteiger partial charge in [-0.1, -0.05) is 50.2 Å². The second-order valence-electron chi connectivity index (χ2n) is 20.8. The van der Waals surface area contributed by atoms with Gasteiger partial charge < -0.3 is 54.3 Å². The van der Waals surface area contributed by atoms with Crippen LogP contribution in [0.25, 0.3) is 21.7 Å². The number of piperazine rings is 2. The van der Waals surface area contributed by atoms with Gasteiger partial charge in [-0.2, -0.15) is 0 Å². The van der Waals surface area contributed by atoms with Crippen molar-refractivity contribution in [3.63, 3.8) is 0 Å². The Morgan fingerprint density at radius 3 is 2.27 bits per heavy atom. The molecule has 6 atom stereocenters. The zero-order chi connectivity index (χ0) is 53.6. The van der Waals surface area contributed by atoms with E-state index >= 15 is 0 Å². The number of nitrogens with one attached hydrogen (secondary N) is 1. The van der Waals surface area contributed by atoms with Gasteiger partial charge in [-0.3, -0.25) is 19.4 Å². The number of hydrogen-bond acceptors (Lipinski definition) is 19. The molecule has 0 aliphatic carbocycles. The lowest BCUT2D eigenvalue weighted by Crippen LogP contribution is -2.54. The summed E-state index contributed by atoms with van der Waals surface area (Å²) in [6.45, 7) is 15.5. The van der Waals surface area contributed by atoms with E-state index in [0.29, 0.717) is 54.5 Å². The molecular formula is C56H70N12O8S. The molecular weight excluding hydrogens is 1000 g/mol. The number of methoxy groups -OCH3 is 1. The fraction of sp³-hybridized carbons (Fsp3) is 0.482. The van der Waals surface area contributed by atoms with Crippen molar-refractivity contribution in [2.45, 2.75) is 83.1 Å². The molecule has 4 aromatic heterocycles. The SMILES string of the molecule is COCOc1ccccc1-c1cc(N2CC3CCC(C2)N3c2ccnc(OCCN3CCN(CCOc4cc(C(C(=O)N5C[C@H](O)C[C@H]5C(=O)NC(C)c5ccc(-c6scnc6C)cc5)C(C)C)on4)CC3)c2)c(N)nn1. The summed E-state index contributed by atoms with van der Waals surface area (Å²) < 4.78 is 29.0. The maximum Gasteiger partial charge on any atom is 0.254 e. The summed E-state index contributed by atoms with van der Waals surface area (Å²) >= 11 is 1.59. The summed E-state index contributed by atoms with van der Waals surface area (Å²) in [6.07, 6.45) is 3.30. The Morgan fingerprint density at radius 1 is 0.870 bits per heavy atom. The molecule has 4 fully saturated rings. The normalized spacial score (nSPS) is 20.6. The third-order valence-electron chi connectivity index (χ3n) is 15.3. The van der Waals surface area contributed by atoms with Crippen LogP contribution < -0.4 is 35.1 Å². The number of aromatic nitrogens is 5. The first-order chi connectivity index (χ1) is 37.4. The highest BCUT2D eigenvalue weighted by atomic mass is 32.1. The largest absolute Gasteiger partial charge is 0.476 e. The number of benzene rings is 2. The number of rotatable bonds is 21. The van der Waals surface area contributed by atoms with Gasteiger partial charge >= 0.3 is 0 Å². The van der Waals surface area contributed by atoms with Crippen molar-refractivity contribution in [1.82, 2.24) is 45.3 Å². The predicted molar refractivity (Wildman–Crippen MR) is 293 cm³/mol. The molecule has 20 nitrogen and oxygen atoms in total. The quantitative estimate of drug-likeness (QED) is 0.0700. The highest BCUT2D eigenvalue weighted by molar-refractivity contribution is 7.13. The molecule has 4 saturated heterocycles. The molecule has 4 aliphatic heterocycles. The minimum atomic E-state index is -0.830. The lowest BCUT2D eigenvalue weighted by atomic mass is 9.91. The molecule has 0 radical (unpaired) electrons. The maximum atomic E-state index is 14.3. The fourth-order valence-corrected chi connectivity index (χ4v) is 12.1. The maximum absolute atomic E-state index is 14.3. The Morgan fingerprint density at radius 2 is 1.58 bits per heavy atom. The minimum Gasteiger partial charge on any atom is -0.476 e. The number of aliphatic hydroxyl groups excluding tert-OH is 1. The molecule has 408 valence electrons. The number of ether oxygens (including phenoxy) is 4. The van der Waals surface area contributed by atoms with E-state index in [1.54, 1.807) is 24.5 Å². The molecule has 77 heavy (non-hydrogen) atoms. The number of thiazole rings is 1. The number of carbonyl (C=O) groups is 2. The second-order valence-corrected chi connectivity index (χ2v) is 21.6. The average molecular weight is 1070 g/mol. The number of para-hydroxylation sites is 1. The van der Waals surface area contributed by atoms with E-state index in [0.717, 1.165) is 97.3 Å². The van der Waals surface area contributed by atoms with Crippen LogP contribution in [0.5, 0.6) is 17.5 Å². The number of amides is 2. The monoisotopic (exact) mass is 1070 g/mol. The topological polar surface area (TPSA) is 223 Å². The summed E-state index contributed by atoms with van der Waals surface area (Å²) in [6, 6.07) is 23.0. The molecule has 10 rings (SSSR count). The Labute approximate surface area is 453 Å². The Hall–Kier alpha value is -6.91. The van der Waals surface area contributed by atoms with Crippen LogP contribution in [0.2, 0.25) is 0 Å². The van der Waals surface area contributed by atoms with E-state index in [1.807, 2.05) is 94.0 Å². The predicted octanol–water partition coefficient (Wildman–Crippen LogP) is 6.04. The van der Waals surface area contributed by atoms with Gasteiger partial charge in [-0.15, -0.1) is 21.5 Å². The van der Waals surface area contributed by atoms with Crippen molar-refractivity contribution < 1.29 is 38.2 Å². The van der Waals surface area contributed by atoms with Crippen LogP contribution in [-0.2, 0) is 14.3 Å². The molecule has 2 bridgehead atoms. The zero-order valence-corrected chi connectivity index (χ0v) is 45.3. The Bertz CT molecular complexity index is 2940. The molecule has 2 amide bonds. The fourth-order valence-electron chi connectivity index (χ4n) is 11.3. The zero-order valence-electron chi connectivity index (χ0n) is 44.5. The number of hydrogen-bond donors (Lipinski definition) is 3. The summed E-state index contributed by atoms with van der Waals surface area (Å²) in [7, 11) is 1.59. The number of aryl methyl sites for hydroxylation is 1. The molecule has 2 aromatic carbocycles. The number of β-amino-alcohol motifs (C(OH)–C–C–N with tert-alkyl or cyclic N) is 1. The van der Waals surface area contributed by atoms with E-state index in [2.05, 4.69) is 62.4 Å². The lowest BCUT2D eigenvalue weighted by molar-refractivity contribution is -0.141. The van der Waals surface area contributed by atoms with Crippen molar-refractivity contribution in [3.8, 4) is 39.2 Å². The van der Waals surface area contributed by atoms with Crippen molar-refractivity contribution in [3.05, 3.63) is 102 Å². The lowest BCUT2D eigenvalue weighted by Gasteiger charge is -2.43. The smallest absolute Gasteiger partial charge is 0.254 e. The van der Waals surface area contributed by atoms with Gasteiger partial charge in [0.1, 0.15) is 30.9 Å². The van der Waals surface area contributed by atoms with Crippen LogP contribution >= 0.6 is 11.3 Å². The number of nitrogens with zero attached hydrogens (tertiary/aromatic N) is 10. The average Bonchev–Trinajstić information content (AvgIpc) is 4.24. The molecule has 6 aromatic rings. The van der Waals surface area contributed by atoms with Crippen molar-refractivity contribution in [2.24, 2.45) is 5.92 Å². The molecule has 4 aliphatic rings. The summed E-state index contributed by atoms with van der Waals surface area (Å²) in [5, 5.41) is 26.8. The number of pyridine rings is 1. The number of nitrogen functional groups attached to an aromatic ring is 1. The van der Waals surface area contributed by atoms with Gasteiger partial charge in [-0.25, -0.2) is 9.97 Å². The number of likely N-dealkylation sites (tertiary alicyclic amines) is 1. The molecule has 0 saturated carbocycles. The molecule has 4 unspecified atom stereocenters. The van der Waals surface area contributed by atoms with Crippen LogP contribution in [0.1, 0.15) is 69.0 Å². The Balaban J connectivity index is 0.656. The van der Waals surface area contributed by atoms with Gasteiger partial charge in [0.15, 0.2) is 18.4 Å². The van der Waals surface area contributed by atoms with Crippen LogP contribution in [0.15, 0.2) is 89.0 Å². The van der Waals surface area contributed by atoms with Gasteiger partial charge in [0.25, 0.3) is 5.88 Å². The first-order valence-electron chi connectivity index (χ1n) is 26.7. The highest BCUT2D eigenvalue weighted by Crippen LogP contribution is 2.40. The number of aliphatic hydroxyl groups is 1. The van der Waals surface area contributed by atoms with E-state index in [1.165, 1.54) is 4.90 Å². The number of fused-ring (bicyclic) bond motifs is 2. The van der Waals surface area contributed by atoms with Gasteiger partial charge in [0.05, 0.1) is 39.6 Å². The second kappa shape index (κ2) is 24.2. The van der Waals surface area contributed by atoms with Crippen LogP contribution in [-0.4, -0.2) is 167 Å². The van der Waals surface area contributed by atoms with E-state index in [-0.39, 0.29) is 55.6 Å². The molecule has 8 heterocycles. The van der Waals surface area contributed by atoms with E-state index in [4.69, 9.17) is 29.2 Å². The van der Waals surface area contributed by atoms with E-state index < -0.39 is 18.1 Å².